The fourth-order valence-corrected chi connectivity index (χ4v) is 3.49. The summed E-state index contributed by atoms with van der Waals surface area (Å²) < 4.78 is 10.4. The maximum atomic E-state index is 11.2. The lowest BCUT2D eigenvalue weighted by Gasteiger charge is -2.07. The number of thiazole rings is 1. The maximum Gasteiger partial charge on any atom is 0.330 e. The molecule has 0 spiro atoms. The first-order valence-corrected chi connectivity index (χ1v) is 9.53. The number of esters is 1. The third-order valence-electron chi connectivity index (χ3n) is 4.16. The molecule has 2 aromatic carbocycles. The number of methoxy groups -OCH3 is 1. The average molecular weight is 395 g/mol. The highest BCUT2D eigenvalue weighted by Crippen LogP contribution is 2.30. The molecular formula is C22H21NO4S. The van der Waals surface area contributed by atoms with Crippen molar-refractivity contribution in [3.05, 3.63) is 70.2 Å². The standard InChI is InChI=1S/C22H21NO4S/c1-14-4-6-17(7-5-14)22-23-15(2)20(28-22)13-27-18-10-8-16(19(24)12-18)9-11-21(25)26-3/h4-12,24H,13H2,1-3H3. The van der Waals surface area contributed by atoms with Crippen LogP contribution in [0.2, 0.25) is 0 Å². The highest BCUT2D eigenvalue weighted by molar-refractivity contribution is 7.15. The van der Waals surface area contributed by atoms with Gasteiger partial charge in [-0.25, -0.2) is 9.78 Å². The second-order valence-corrected chi connectivity index (χ2v) is 7.34. The molecule has 5 nitrogen and oxygen atoms in total. The second kappa shape index (κ2) is 8.71. The fourth-order valence-electron chi connectivity index (χ4n) is 2.51. The molecule has 3 rings (SSSR count). The Bertz CT molecular complexity index is 1010. The van der Waals surface area contributed by atoms with Crippen molar-refractivity contribution in [1.29, 1.82) is 0 Å². The third-order valence-corrected chi connectivity index (χ3v) is 5.34. The molecule has 0 aliphatic carbocycles. The summed E-state index contributed by atoms with van der Waals surface area (Å²) in [6.45, 7) is 4.39. The Hall–Kier alpha value is -3.12. The number of nitrogens with zero attached hydrogens (tertiary/aromatic N) is 1. The molecular weight excluding hydrogens is 374 g/mol. The largest absolute Gasteiger partial charge is 0.507 e. The summed E-state index contributed by atoms with van der Waals surface area (Å²) in [6.07, 6.45) is 2.75. The number of phenols is 1. The molecule has 0 amide bonds. The molecule has 0 atom stereocenters. The molecule has 3 aromatic rings. The predicted octanol–water partition coefficient (Wildman–Crippen LogP) is 4.90. The van der Waals surface area contributed by atoms with Crippen molar-refractivity contribution in [3.8, 4) is 22.1 Å². The van der Waals surface area contributed by atoms with Gasteiger partial charge in [-0.15, -0.1) is 11.3 Å². The molecule has 1 heterocycles. The van der Waals surface area contributed by atoms with Gasteiger partial charge in [-0.2, -0.15) is 0 Å². The summed E-state index contributed by atoms with van der Waals surface area (Å²) in [4.78, 5) is 16.8. The van der Waals surface area contributed by atoms with Crippen LogP contribution in [-0.4, -0.2) is 23.2 Å². The normalized spacial score (nSPS) is 11.0. The Balaban J connectivity index is 1.69. The minimum atomic E-state index is -0.482. The van der Waals surface area contributed by atoms with Gasteiger partial charge in [-0.1, -0.05) is 29.8 Å². The number of hydrogen-bond acceptors (Lipinski definition) is 6. The lowest BCUT2D eigenvalue weighted by Crippen LogP contribution is -1.95. The Labute approximate surface area is 167 Å². The van der Waals surface area contributed by atoms with Crippen molar-refractivity contribution in [3.63, 3.8) is 0 Å². The summed E-state index contributed by atoms with van der Waals surface area (Å²) in [7, 11) is 1.30. The van der Waals surface area contributed by atoms with Crippen LogP contribution in [0.1, 0.15) is 21.7 Å². The summed E-state index contributed by atoms with van der Waals surface area (Å²) >= 11 is 1.60. The zero-order valence-electron chi connectivity index (χ0n) is 15.9. The number of benzene rings is 2. The third kappa shape index (κ3) is 4.78. The summed E-state index contributed by atoms with van der Waals surface area (Å²) in [6, 6.07) is 13.2. The number of aryl methyl sites for hydroxylation is 2. The zero-order chi connectivity index (χ0) is 20.1. The summed E-state index contributed by atoms with van der Waals surface area (Å²) in [5.74, 6) is 0.0844. The average Bonchev–Trinajstić information content (AvgIpc) is 3.06. The molecule has 0 unspecified atom stereocenters. The van der Waals surface area contributed by atoms with Crippen molar-refractivity contribution in [2.45, 2.75) is 20.5 Å². The Kier molecular flexibility index (Phi) is 6.11. The number of carbonyl (C=O) groups excluding carboxylic acids is 1. The van der Waals surface area contributed by atoms with Gasteiger partial charge in [0.05, 0.1) is 17.7 Å². The summed E-state index contributed by atoms with van der Waals surface area (Å²) in [5.41, 5.74) is 3.74. The first-order chi connectivity index (χ1) is 13.5. The monoisotopic (exact) mass is 395 g/mol. The Morgan fingerprint density at radius 2 is 1.93 bits per heavy atom. The predicted molar refractivity (Wildman–Crippen MR) is 111 cm³/mol. The van der Waals surface area contributed by atoms with Crippen LogP contribution in [0.3, 0.4) is 0 Å². The smallest absolute Gasteiger partial charge is 0.330 e. The number of hydrogen-bond donors (Lipinski definition) is 1. The minimum absolute atomic E-state index is 0.0269. The number of aromatic nitrogens is 1. The number of ether oxygens (including phenoxy) is 2. The van der Waals surface area contributed by atoms with Crippen LogP contribution < -0.4 is 4.74 Å². The zero-order valence-corrected chi connectivity index (χ0v) is 16.7. The van der Waals surface area contributed by atoms with E-state index < -0.39 is 5.97 Å². The van der Waals surface area contributed by atoms with Gasteiger partial charge in [0, 0.05) is 23.3 Å². The van der Waals surface area contributed by atoms with Gasteiger partial charge >= 0.3 is 5.97 Å². The van der Waals surface area contributed by atoms with E-state index in [1.807, 2.05) is 6.92 Å². The van der Waals surface area contributed by atoms with E-state index in [1.165, 1.54) is 30.9 Å². The van der Waals surface area contributed by atoms with E-state index in [2.05, 4.69) is 40.9 Å². The molecule has 28 heavy (non-hydrogen) atoms. The van der Waals surface area contributed by atoms with Crippen LogP contribution in [0.5, 0.6) is 11.5 Å². The topological polar surface area (TPSA) is 68.7 Å². The quantitative estimate of drug-likeness (QED) is 0.475. The van der Waals surface area contributed by atoms with E-state index in [0.717, 1.165) is 21.1 Å². The van der Waals surface area contributed by atoms with Crippen LogP contribution >= 0.6 is 11.3 Å². The first-order valence-electron chi connectivity index (χ1n) is 8.71. The first kappa shape index (κ1) is 19.6. The van der Waals surface area contributed by atoms with E-state index in [9.17, 15) is 9.90 Å². The molecule has 6 heteroatoms. The number of aromatic hydroxyl groups is 1. The molecule has 144 valence electrons. The second-order valence-electron chi connectivity index (χ2n) is 6.26. The lowest BCUT2D eigenvalue weighted by atomic mass is 10.2. The van der Waals surface area contributed by atoms with Gasteiger partial charge in [0.25, 0.3) is 0 Å². The molecule has 0 fully saturated rings. The molecule has 0 bridgehead atoms. The van der Waals surface area contributed by atoms with Gasteiger partial charge in [-0.05, 0) is 32.1 Å². The van der Waals surface area contributed by atoms with Crippen LogP contribution in [-0.2, 0) is 16.1 Å². The fraction of sp³-hybridized carbons (Fsp3) is 0.182. The van der Waals surface area contributed by atoms with Gasteiger partial charge in [-0.3, -0.25) is 0 Å². The molecule has 1 aromatic heterocycles. The van der Waals surface area contributed by atoms with Crippen LogP contribution in [0.15, 0.2) is 48.5 Å². The minimum Gasteiger partial charge on any atom is -0.507 e. The molecule has 0 saturated carbocycles. The molecule has 0 radical (unpaired) electrons. The molecule has 1 N–H and O–H groups in total. The number of phenolic OH excluding ortho intramolecular Hbond substituents is 1. The number of carbonyl (C=O) groups is 1. The van der Waals surface area contributed by atoms with Gasteiger partial charge < -0.3 is 14.6 Å². The van der Waals surface area contributed by atoms with Crippen molar-refractivity contribution < 1.29 is 19.4 Å². The van der Waals surface area contributed by atoms with Crippen molar-refractivity contribution in [1.82, 2.24) is 4.98 Å². The van der Waals surface area contributed by atoms with E-state index >= 15 is 0 Å². The van der Waals surface area contributed by atoms with Crippen molar-refractivity contribution in [2.24, 2.45) is 0 Å². The lowest BCUT2D eigenvalue weighted by molar-refractivity contribution is -0.134. The van der Waals surface area contributed by atoms with Gasteiger partial charge in [0.1, 0.15) is 23.1 Å². The van der Waals surface area contributed by atoms with Crippen molar-refractivity contribution in [2.75, 3.05) is 7.11 Å². The van der Waals surface area contributed by atoms with E-state index in [1.54, 1.807) is 23.5 Å². The van der Waals surface area contributed by atoms with E-state index in [4.69, 9.17) is 4.74 Å². The van der Waals surface area contributed by atoms with E-state index in [0.29, 0.717) is 17.9 Å². The van der Waals surface area contributed by atoms with Gasteiger partial charge in [0.2, 0.25) is 0 Å². The van der Waals surface area contributed by atoms with E-state index in [-0.39, 0.29) is 5.75 Å². The Morgan fingerprint density at radius 3 is 2.61 bits per heavy atom. The highest BCUT2D eigenvalue weighted by atomic mass is 32.1. The molecule has 0 aliphatic heterocycles. The van der Waals surface area contributed by atoms with Gasteiger partial charge in [0.15, 0.2) is 0 Å². The van der Waals surface area contributed by atoms with Crippen LogP contribution in [0, 0.1) is 13.8 Å². The van der Waals surface area contributed by atoms with Crippen LogP contribution in [0.25, 0.3) is 16.6 Å². The molecule has 0 aliphatic rings. The molecule has 0 saturated heterocycles. The maximum absolute atomic E-state index is 11.2. The van der Waals surface area contributed by atoms with Crippen LogP contribution in [0.4, 0.5) is 0 Å². The SMILES string of the molecule is COC(=O)C=Cc1ccc(OCc2sc(-c3ccc(C)cc3)nc2C)cc1O. The number of rotatable bonds is 6. The highest BCUT2D eigenvalue weighted by Gasteiger charge is 2.11. The Morgan fingerprint density at radius 1 is 1.18 bits per heavy atom. The van der Waals surface area contributed by atoms with Crippen molar-refractivity contribution >= 4 is 23.4 Å². The summed E-state index contributed by atoms with van der Waals surface area (Å²) in [5, 5.41) is 11.1.